The average Bonchev–Trinajstić information content (AvgIpc) is 3.37. The Morgan fingerprint density at radius 3 is 2.52 bits per heavy atom. The van der Waals surface area contributed by atoms with E-state index in [0.717, 1.165) is 57.2 Å². The van der Waals surface area contributed by atoms with Gasteiger partial charge in [0.2, 0.25) is 0 Å². The lowest BCUT2D eigenvalue weighted by Gasteiger charge is -2.32. The van der Waals surface area contributed by atoms with E-state index in [1.807, 2.05) is 24.3 Å². The molecule has 5 heteroatoms. The summed E-state index contributed by atoms with van der Waals surface area (Å²) in [6.07, 6.45) is 7.24. The zero-order valence-corrected chi connectivity index (χ0v) is 14.8. The fraction of sp³-hybridized carbons (Fsp3) is 0.650. The van der Waals surface area contributed by atoms with E-state index in [-0.39, 0.29) is 12.0 Å². The Morgan fingerprint density at radius 2 is 1.88 bits per heavy atom. The van der Waals surface area contributed by atoms with Crippen molar-refractivity contribution in [3.8, 4) is 5.75 Å². The molecule has 4 rings (SSSR count). The molecule has 136 valence electrons. The van der Waals surface area contributed by atoms with Crippen molar-refractivity contribution in [2.45, 2.75) is 56.7 Å². The van der Waals surface area contributed by atoms with E-state index >= 15 is 0 Å². The summed E-state index contributed by atoms with van der Waals surface area (Å²) < 4.78 is 11.3. The maximum atomic E-state index is 12.4. The maximum absolute atomic E-state index is 12.4. The molecule has 25 heavy (non-hydrogen) atoms. The van der Waals surface area contributed by atoms with Crippen LogP contribution in [0.1, 0.15) is 48.9 Å². The summed E-state index contributed by atoms with van der Waals surface area (Å²) in [5, 5.41) is 3.18. The molecule has 0 spiro atoms. The summed E-state index contributed by atoms with van der Waals surface area (Å²) in [6, 6.07) is 8.58. The van der Waals surface area contributed by atoms with Gasteiger partial charge in [-0.1, -0.05) is 0 Å². The van der Waals surface area contributed by atoms with Gasteiger partial charge in [0.05, 0.1) is 6.10 Å². The van der Waals surface area contributed by atoms with Crippen molar-refractivity contribution >= 4 is 5.91 Å². The highest BCUT2D eigenvalue weighted by Gasteiger charge is 2.32. The third-order valence-corrected chi connectivity index (χ3v) is 5.50. The number of ether oxygens (including phenoxy) is 2. The molecule has 3 fully saturated rings. The van der Waals surface area contributed by atoms with Gasteiger partial charge in [-0.05, 0) is 62.8 Å². The van der Waals surface area contributed by atoms with Crippen LogP contribution in [0.5, 0.6) is 5.75 Å². The highest BCUT2D eigenvalue weighted by atomic mass is 16.5. The number of amides is 1. The van der Waals surface area contributed by atoms with Crippen molar-refractivity contribution in [1.29, 1.82) is 0 Å². The Morgan fingerprint density at radius 1 is 1.12 bits per heavy atom. The lowest BCUT2D eigenvalue weighted by molar-refractivity contribution is 0.0679. The molecule has 1 N–H and O–H groups in total. The van der Waals surface area contributed by atoms with Crippen molar-refractivity contribution in [1.82, 2.24) is 10.2 Å². The summed E-state index contributed by atoms with van der Waals surface area (Å²) in [5.74, 6) is 0.820. The highest BCUT2D eigenvalue weighted by molar-refractivity contribution is 5.94. The normalized spacial score (nSPS) is 25.0. The molecule has 1 aromatic rings. The van der Waals surface area contributed by atoms with Crippen LogP contribution in [0.15, 0.2) is 24.3 Å². The number of carbonyl (C=O) groups excluding carboxylic acids is 1. The number of piperidine rings is 1. The van der Waals surface area contributed by atoms with Crippen molar-refractivity contribution in [3.05, 3.63) is 29.8 Å². The monoisotopic (exact) mass is 344 g/mol. The smallest absolute Gasteiger partial charge is 0.251 e. The molecule has 2 heterocycles. The Bertz CT molecular complexity index is 571. The fourth-order valence-electron chi connectivity index (χ4n) is 3.78. The second kappa shape index (κ2) is 7.75. The molecule has 1 aliphatic carbocycles. The summed E-state index contributed by atoms with van der Waals surface area (Å²) in [7, 11) is 0. The molecule has 0 bridgehead atoms. The van der Waals surface area contributed by atoms with Crippen LogP contribution in [-0.4, -0.2) is 55.3 Å². The summed E-state index contributed by atoms with van der Waals surface area (Å²) in [5.41, 5.74) is 0.703. The Labute approximate surface area is 149 Å². The first-order chi connectivity index (χ1) is 12.3. The fourth-order valence-corrected chi connectivity index (χ4v) is 3.78. The van der Waals surface area contributed by atoms with Crippen LogP contribution < -0.4 is 10.1 Å². The van der Waals surface area contributed by atoms with Gasteiger partial charge in [-0.2, -0.15) is 0 Å². The van der Waals surface area contributed by atoms with Crippen LogP contribution in [-0.2, 0) is 4.74 Å². The van der Waals surface area contributed by atoms with Gasteiger partial charge in [-0.3, -0.25) is 4.79 Å². The van der Waals surface area contributed by atoms with Crippen LogP contribution in [0.25, 0.3) is 0 Å². The zero-order chi connectivity index (χ0) is 17.1. The second-order valence-corrected chi connectivity index (χ2v) is 7.49. The van der Waals surface area contributed by atoms with Gasteiger partial charge >= 0.3 is 0 Å². The summed E-state index contributed by atoms with van der Waals surface area (Å²) >= 11 is 0. The van der Waals surface area contributed by atoms with E-state index in [4.69, 9.17) is 9.47 Å². The van der Waals surface area contributed by atoms with Gasteiger partial charge in [0.25, 0.3) is 5.91 Å². The molecule has 1 unspecified atom stereocenters. The number of benzene rings is 1. The molecule has 5 nitrogen and oxygen atoms in total. The first-order valence-electron chi connectivity index (χ1n) is 9.67. The molecule has 0 aromatic heterocycles. The number of likely N-dealkylation sites (tertiary alicyclic amines) is 1. The van der Waals surface area contributed by atoms with E-state index in [1.54, 1.807) is 0 Å². The van der Waals surface area contributed by atoms with Crippen LogP contribution in [0.2, 0.25) is 0 Å². The SMILES string of the molecule is O=C(NC1CCN(C2CC2)CC1)c1ccc(OCC2CCCO2)cc1. The number of hydrogen-bond donors (Lipinski definition) is 1. The minimum absolute atomic E-state index is 0.0237. The van der Waals surface area contributed by atoms with Crippen molar-refractivity contribution in [2.24, 2.45) is 0 Å². The van der Waals surface area contributed by atoms with E-state index in [0.29, 0.717) is 18.2 Å². The number of hydrogen-bond acceptors (Lipinski definition) is 4. The first kappa shape index (κ1) is 16.9. The Hall–Kier alpha value is -1.59. The van der Waals surface area contributed by atoms with E-state index in [2.05, 4.69) is 10.2 Å². The molecular formula is C20H28N2O3. The maximum Gasteiger partial charge on any atom is 0.251 e. The van der Waals surface area contributed by atoms with Gasteiger partial charge < -0.3 is 19.7 Å². The lowest BCUT2D eigenvalue weighted by atomic mass is 10.0. The first-order valence-corrected chi connectivity index (χ1v) is 9.67. The topological polar surface area (TPSA) is 50.8 Å². The zero-order valence-electron chi connectivity index (χ0n) is 14.8. The van der Waals surface area contributed by atoms with Crippen molar-refractivity contribution in [3.63, 3.8) is 0 Å². The summed E-state index contributed by atoms with van der Waals surface area (Å²) in [6.45, 7) is 3.66. The third kappa shape index (κ3) is 4.53. The average molecular weight is 344 g/mol. The molecule has 0 radical (unpaired) electrons. The van der Waals surface area contributed by atoms with Crippen LogP contribution in [0.3, 0.4) is 0 Å². The molecule has 1 aromatic carbocycles. The second-order valence-electron chi connectivity index (χ2n) is 7.49. The van der Waals surface area contributed by atoms with Crippen LogP contribution in [0, 0.1) is 0 Å². The predicted molar refractivity (Wildman–Crippen MR) is 96.0 cm³/mol. The molecule has 1 saturated carbocycles. The van der Waals surface area contributed by atoms with Crippen molar-refractivity contribution in [2.75, 3.05) is 26.3 Å². The van der Waals surface area contributed by atoms with Gasteiger partial charge in [0, 0.05) is 37.3 Å². The number of nitrogens with zero attached hydrogens (tertiary/aromatic N) is 1. The van der Waals surface area contributed by atoms with Gasteiger partial charge in [0.15, 0.2) is 0 Å². The minimum Gasteiger partial charge on any atom is -0.491 e. The molecule has 1 amide bonds. The summed E-state index contributed by atoms with van der Waals surface area (Å²) in [4.78, 5) is 15.0. The molecular weight excluding hydrogens is 316 g/mol. The minimum atomic E-state index is 0.0237. The van der Waals surface area contributed by atoms with Gasteiger partial charge in [0.1, 0.15) is 12.4 Å². The van der Waals surface area contributed by atoms with E-state index < -0.39 is 0 Å². The van der Waals surface area contributed by atoms with Gasteiger partial charge in [-0.25, -0.2) is 0 Å². The number of rotatable bonds is 6. The molecule has 1 atom stereocenters. The molecule has 3 aliphatic rings. The predicted octanol–water partition coefficient (Wildman–Crippen LogP) is 2.60. The number of nitrogens with one attached hydrogen (secondary N) is 1. The van der Waals surface area contributed by atoms with E-state index in [9.17, 15) is 4.79 Å². The Kier molecular flexibility index (Phi) is 5.22. The van der Waals surface area contributed by atoms with Crippen LogP contribution in [0.4, 0.5) is 0 Å². The third-order valence-electron chi connectivity index (χ3n) is 5.50. The number of carbonyl (C=O) groups is 1. The molecule has 2 saturated heterocycles. The van der Waals surface area contributed by atoms with E-state index in [1.165, 1.54) is 12.8 Å². The highest BCUT2D eigenvalue weighted by Crippen LogP contribution is 2.29. The largest absolute Gasteiger partial charge is 0.491 e. The lowest BCUT2D eigenvalue weighted by Crippen LogP contribution is -2.45. The quantitative estimate of drug-likeness (QED) is 0.862. The van der Waals surface area contributed by atoms with Crippen molar-refractivity contribution < 1.29 is 14.3 Å². The standard InChI is InChI=1S/C20H28N2O3/c23-20(21-16-9-11-22(12-10-16)17-5-6-17)15-3-7-18(8-4-15)25-14-19-2-1-13-24-19/h3-4,7-8,16-17,19H,1-2,5-6,9-14H2,(H,21,23). The molecule has 2 aliphatic heterocycles. The Balaban J connectivity index is 1.22. The van der Waals surface area contributed by atoms with Gasteiger partial charge in [-0.15, -0.1) is 0 Å². The van der Waals surface area contributed by atoms with Crippen LogP contribution >= 0.6 is 0 Å².